The lowest BCUT2D eigenvalue weighted by Crippen LogP contribution is -2.40. The maximum absolute atomic E-state index is 14.4. The number of nitrogens with zero attached hydrogens (tertiary/aromatic N) is 2. The normalized spacial score (nSPS) is 15.5. The monoisotopic (exact) mass is 556 g/mol. The molecule has 1 heterocycles. The largest absolute Gasteiger partial charge is 0.293 e. The second kappa shape index (κ2) is 9.49. The molecular formula is C30H25BrN2O2S. The lowest BCUT2D eigenvalue weighted by atomic mass is 9.68. The van der Waals surface area contributed by atoms with Crippen molar-refractivity contribution < 1.29 is 4.79 Å². The predicted octanol–water partition coefficient (Wildman–Crippen LogP) is 7.00. The molecule has 4 aromatic rings. The second-order valence-corrected chi connectivity index (χ2v) is 11.5. The minimum absolute atomic E-state index is 0.00111. The van der Waals surface area contributed by atoms with E-state index in [1.54, 1.807) is 4.57 Å². The van der Waals surface area contributed by atoms with Gasteiger partial charge in [0.25, 0.3) is 5.56 Å². The maximum atomic E-state index is 14.4. The van der Waals surface area contributed by atoms with Crippen LogP contribution in [0.4, 0.5) is 0 Å². The summed E-state index contributed by atoms with van der Waals surface area (Å²) in [5.41, 5.74) is 5.22. The van der Waals surface area contributed by atoms with Gasteiger partial charge in [-0.3, -0.25) is 14.2 Å². The molecule has 1 saturated carbocycles. The Hall–Kier alpha value is -2.96. The number of carbonyl (C=O) groups excluding carboxylic acids is 1. The van der Waals surface area contributed by atoms with E-state index in [-0.39, 0.29) is 22.5 Å². The maximum Gasteiger partial charge on any atom is 0.263 e. The summed E-state index contributed by atoms with van der Waals surface area (Å²) in [6, 6.07) is 25.4. The van der Waals surface area contributed by atoms with Crippen molar-refractivity contribution in [1.82, 2.24) is 9.55 Å². The van der Waals surface area contributed by atoms with Crippen LogP contribution >= 0.6 is 27.7 Å². The van der Waals surface area contributed by atoms with E-state index >= 15 is 0 Å². The van der Waals surface area contributed by atoms with Crippen molar-refractivity contribution in [2.75, 3.05) is 5.75 Å². The van der Waals surface area contributed by atoms with Crippen LogP contribution in [0, 0.1) is 0 Å². The Balaban J connectivity index is 1.51. The van der Waals surface area contributed by atoms with Gasteiger partial charge < -0.3 is 0 Å². The molecule has 0 saturated heterocycles. The van der Waals surface area contributed by atoms with Crippen LogP contribution in [-0.2, 0) is 11.8 Å². The van der Waals surface area contributed by atoms with Gasteiger partial charge in [-0.1, -0.05) is 95.1 Å². The van der Waals surface area contributed by atoms with Gasteiger partial charge in [0.2, 0.25) is 0 Å². The summed E-state index contributed by atoms with van der Waals surface area (Å²) in [7, 11) is 0. The molecule has 0 N–H and O–H groups in total. The summed E-state index contributed by atoms with van der Waals surface area (Å²) in [6.45, 7) is 0. The third kappa shape index (κ3) is 4.06. The Morgan fingerprint density at radius 1 is 0.944 bits per heavy atom. The number of carbonyl (C=O) groups is 1. The number of Topliss-reactive ketones (excluding diaryl/α,β-unsaturated/α-hetero) is 1. The third-order valence-electron chi connectivity index (χ3n) is 7.46. The average Bonchev–Trinajstić information content (AvgIpc) is 3.36. The fourth-order valence-corrected chi connectivity index (χ4v) is 6.93. The van der Waals surface area contributed by atoms with E-state index in [9.17, 15) is 9.59 Å². The highest BCUT2D eigenvalue weighted by atomic mass is 79.9. The van der Waals surface area contributed by atoms with Crippen molar-refractivity contribution in [3.63, 3.8) is 0 Å². The molecule has 0 atom stereocenters. The molecule has 6 heteroatoms. The summed E-state index contributed by atoms with van der Waals surface area (Å²) in [6.07, 6.45) is 5.16. The minimum Gasteiger partial charge on any atom is -0.293 e. The number of halogens is 1. The number of para-hydroxylation sites is 1. The predicted molar refractivity (Wildman–Crippen MR) is 148 cm³/mol. The SMILES string of the molecule is O=C(CSc1nc2c(c(=O)n1-c1ccccc1)C1(CCCC1)Cc1ccccc1-2)c1ccc(Br)cc1. The molecule has 180 valence electrons. The van der Waals surface area contributed by atoms with E-state index in [2.05, 4.69) is 34.1 Å². The van der Waals surface area contributed by atoms with Crippen molar-refractivity contribution in [3.8, 4) is 16.9 Å². The lowest BCUT2D eigenvalue weighted by Gasteiger charge is -2.36. The summed E-state index contributed by atoms with van der Waals surface area (Å²) >= 11 is 4.75. The standard InChI is InChI=1S/C30H25BrN2O2S/c31-22-14-12-20(13-15-22)25(34)19-36-29-32-27-24-11-5-4-8-21(24)18-30(16-6-7-17-30)26(27)28(35)33(29)23-9-2-1-3-10-23/h1-5,8-15H,6-7,16-19H2. The molecule has 3 aromatic carbocycles. The van der Waals surface area contributed by atoms with E-state index < -0.39 is 0 Å². The highest BCUT2D eigenvalue weighted by Crippen LogP contribution is 2.50. The molecule has 0 amide bonds. The lowest BCUT2D eigenvalue weighted by molar-refractivity contribution is 0.102. The molecule has 0 radical (unpaired) electrons. The minimum atomic E-state index is -0.166. The highest BCUT2D eigenvalue weighted by molar-refractivity contribution is 9.10. The summed E-state index contributed by atoms with van der Waals surface area (Å²) < 4.78 is 2.66. The number of rotatable bonds is 5. The number of aromatic nitrogens is 2. The van der Waals surface area contributed by atoms with Crippen LogP contribution < -0.4 is 5.56 Å². The fourth-order valence-electron chi connectivity index (χ4n) is 5.76. The molecule has 36 heavy (non-hydrogen) atoms. The van der Waals surface area contributed by atoms with Crippen LogP contribution in [0.2, 0.25) is 0 Å². The molecule has 6 rings (SSSR count). The van der Waals surface area contributed by atoms with Crippen LogP contribution in [0.5, 0.6) is 0 Å². The van der Waals surface area contributed by atoms with Crippen LogP contribution in [0.3, 0.4) is 0 Å². The van der Waals surface area contributed by atoms with Gasteiger partial charge in [-0.05, 0) is 49.1 Å². The number of benzene rings is 3. The van der Waals surface area contributed by atoms with E-state index in [1.807, 2.05) is 60.7 Å². The van der Waals surface area contributed by atoms with Crippen LogP contribution in [0.25, 0.3) is 16.9 Å². The first-order chi connectivity index (χ1) is 17.6. The van der Waals surface area contributed by atoms with Crippen LogP contribution in [-0.4, -0.2) is 21.1 Å². The quantitative estimate of drug-likeness (QED) is 0.151. The van der Waals surface area contributed by atoms with Gasteiger partial charge in [-0.2, -0.15) is 0 Å². The van der Waals surface area contributed by atoms with Gasteiger partial charge in [0.1, 0.15) is 0 Å². The van der Waals surface area contributed by atoms with E-state index in [0.717, 1.165) is 59.1 Å². The van der Waals surface area contributed by atoms with Crippen molar-refractivity contribution in [1.29, 1.82) is 0 Å². The fraction of sp³-hybridized carbons (Fsp3) is 0.233. The number of hydrogen-bond donors (Lipinski definition) is 0. The van der Waals surface area contributed by atoms with Gasteiger partial charge in [-0.25, -0.2) is 4.98 Å². The molecule has 1 spiro atoms. The van der Waals surface area contributed by atoms with E-state index in [4.69, 9.17) is 4.98 Å². The molecule has 0 aliphatic heterocycles. The summed E-state index contributed by atoms with van der Waals surface area (Å²) in [5, 5.41) is 0.556. The van der Waals surface area contributed by atoms with Crippen molar-refractivity contribution in [3.05, 3.63) is 110 Å². The zero-order valence-electron chi connectivity index (χ0n) is 19.7. The van der Waals surface area contributed by atoms with E-state index in [0.29, 0.717) is 10.7 Å². The Labute approximate surface area is 222 Å². The number of thioether (sulfide) groups is 1. The molecular weight excluding hydrogens is 532 g/mol. The molecule has 0 bridgehead atoms. The van der Waals surface area contributed by atoms with Gasteiger partial charge in [-0.15, -0.1) is 0 Å². The highest BCUT2D eigenvalue weighted by Gasteiger charge is 2.44. The topological polar surface area (TPSA) is 52.0 Å². The first-order valence-electron chi connectivity index (χ1n) is 12.3. The van der Waals surface area contributed by atoms with Gasteiger partial charge >= 0.3 is 0 Å². The Morgan fingerprint density at radius 2 is 1.64 bits per heavy atom. The van der Waals surface area contributed by atoms with Crippen molar-refractivity contribution >= 4 is 33.5 Å². The molecule has 2 aliphatic carbocycles. The second-order valence-electron chi connectivity index (χ2n) is 9.63. The number of hydrogen-bond acceptors (Lipinski definition) is 4. The number of fused-ring (bicyclic) bond motifs is 4. The van der Waals surface area contributed by atoms with Crippen LogP contribution in [0.1, 0.15) is 47.2 Å². The molecule has 1 aromatic heterocycles. The van der Waals surface area contributed by atoms with Crippen molar-refractivity contribution in [2.45, 2.75) is 42.7 Å². The van der Waals surface area contributed by atoms with Gasteiger partial charge in [0.05, 0.1) is 22.7 Å². The smallest absolute Gasteiger partial charge is 0.263 e. The molecule has 4 nitrogen and oxygen atoms in total. The van der Waals surface area contributed by atoms with Gasteiger partial charge in [0, 0.05) is 21.0 Å². The molecule has 2 aliphatic rings. The summed E-state index contributed by atoms with van der Waals surface area (Å²) in [4.78, 5) is 32.5. The van der Waals surface area contributed by atoms with Gasteiger partial charge in [0.15, 0.2) is 10.9 Å². The first-order valence-corrected chi connectivity index (χ1v) is 14.1. The Bertz CT molecular complexity index is 1510. The zero-order chi connectivity index (χ0) is 24.7. The Kier molecular flexibility index (Phi) is 6.18. The first kappa shape index (κ1) is 23.4. The zero-order valence-corrected chi connectivity index (χ0v) is 22.1. The van der Waals surface area contributed by atoms with Crippen molar-refractivity contribution in [2.24, 2.45) is 0 Å². The molecule has 0 unspecified atom stereocenters. The molecule has 1 fully saturated rings. The number of ketones is 1. The Morgan fingerprint density at radius 3 is 2.39 bits per heavy atom. The summed E-state index contributed by atoms with van der Waals surface area (Å²) in [5.74, 6) is 0.207. The van der Waals surface area contributed by atoms with Crippen LogP contribution in [0.15, 0.2) is 93.3 Å². The van der Waals surface area contributed by atoms with E-state index in [1.165, 1.54) is 17.3 Å². The third-order valence-corrected chi connectivity index (χ3v) is 8.93. The average molecular weight is 558 g/mol.